The molecule has 0 aliphatic carbocycles. The van der Waals surface area contributed by atoms with Crippen molar-refractivity contribution >= 4 is 17.7 Å². The van der Waals surface area contributed by atoms with E-state index in [0.717, 1.165) is 32.1 Å². The minimum Gasteiger partial charge on any atom is -0.394 e. The average molecular weight is 386 g/mol. The molecular weight excluding hydrogens is 350 g/mol. The first-order valence-electron chi connectivity index (χ1n) is 10.00. The van der Waals surface area contributed by atoms with Gasteiger partial charge in [-0.3, -0.25) is 19.6 Å². The Hall–Kier alpha value is -1.67. The monoisotopic (exact) mass is 385 g/mol. The maximum Gasteiger partial charge on any atom is 0.245 e. The zero-order chi connectivity index (χ0) is 20.4. The molecule has 0 bridgehead atoms. The number of amides is 3. The predicted molar refractivity (Wildman–Crippen MR) is 101 cm³/mol. The van der Waals surface area contributed by atoms with Gasteiger partial charge >= 0.3 is 0 Å². The molecule has 0 aromatic carbocycles. The molecule has 156 valence electrons. The van der Waals surface area contributed by atoms with Gasteiger partial charge in [0.05, 0.1) is 12.6 Å². The second-order valence-electron chi connectivity index (χ2n) is 7.67. The van der Waals surface area contributed by atoms with E-state index in [0.29, 0.717) is 13.0 Å². The molecule has 1 aliphatic rings. The van der Waals surface area contributed by atoms with E-state index in [-0.39, 0.29) is 36.8 Å². The van der Waals surface area contributed by atoms with Gasteiger partial charge in [0, 0.05) is 18.9 Å². The highest BCUT2D eigenvalue weighted by atomic mass is 16.5. The number of hydroxylamine groups is 1. The van der Waals surface area contributed by atoms with Crippen molar-refractivity contribution in [2.45, 2.75) is 77.8 Å². The van der Waals surface area contributed by atoms with Crippen LogP contribution < -0.4 is 10.8 Å². The van der Waals surface area contributed by atoms with E-state index < -0.39 is 17.9 Å². The summed E-state index contributed by atoms with van der Waals surface area (Å²) in [7, 11) is 0. The van der Waals surface area contributed by atoms with Gasteiger partial charge < -0.3 is 15.3 Å². The maximum atomic E-state index is 12.9. The zero-order valence-corrected chi connectivity index (χ0v) is 16.7. The van der Waals surface area contributed by atoms with Gasteiger partial charge in [-0.15, -0.1) is 0 Å². The lowest BCUT2D eigenvalue weighted by molar-refractivity contribution is -0.141. The number of rotatable bonds is 11. The molecule has 8 nitrogen and oxygen atoms in total. The molecule has 4 N–H and O–H groups in total. The highest BCUT2D eigenvalue weighted by Crippen LogP contribution is 2.21. The van der Waals surface area contributed by atoms with Crippen LogP contribution in [0, 0.1) is 11.8 Å². The SMILES string of the molecule is CCCCCC(CC(=O)NO)C(=O)N[C@H](C(=O)N1CCC[C@H]1CO)C(C)C. The first-order chi connectivity index (χ1) is 12.8. The van der Waals surface area contributed by atoms with Gasteiger partial charge in [-0.2, -0.15) is 0 Å². The molecule has 3 amide bonds. The fourth-order valence-corrected chi connectivity index (χ4v) is 3.51. The first-order valence-corrected chi connectivity index (χ1v) is 10.00. The fourth-order valence-electron chi connectivity index (χ4n) is 3.51. The van der Waals surface area contributed by atoms with Gasteiger partial charge in [-0.25, -0.2) is 5.48 Å². The lowest BCUT2D eigenvalue weighted by atomic mass is 9.94. The van der Waals surface area contributed by atoms with Crippen molar-refractivity contribution in [3.05, 3.63) is 0 Å². The first kappa shape index (κ1) is 23.4. The van der Waals surface area contributed by atoms with E-state index in [2.05, 4.69) is 12.2 Å². The van der Waals surface area contributed by atoms with Crippen molar-refractivity contribution in [1.82, 2.24) is 15.7 Å². The van der Waals surface area contributed by atoms with Crippen molar-refractivity contribution in [1.29, 1.82) is 0 Å². The number of carbonyl (C=O) groups excluding carboxylic acids is 3. The molecule has 0 aromatic rings. The topological polar surface area (TPSA) is 119 Å². The largest absolute Gasteiger partial charge is 0.394 e. The molecule has 27 heavy (non-hydrogen) atoms. The third-order valence-electron chi connectivity index (χ3n) is 5.18. The molecule has 0 saturated carbocycles. The second-order valence-corrected chi connectivity index (χ2v) is 7.67. The van der Waals surface area contributed by atoms with Gasteiger partial charge in [-0.1, -0.05) is 40.0 Å². The number of carbonyl (C=O) groups is 3. The van der Waals surface area contributed by atoms with Crippen LogP contribution in [0.2, 0.25) is 0 Å². The molecule has 0 spiro atoms. The lowest BCUT2D eigenvalue weighted by Crippen LogP contribution is -2.54. The number of nitrogens with one attached hydrogen (secondary N) is 2. The quantitative estimate of drug-likeness (QED) is 0.242. The lowest BCUT2D eigenvalue weighted by Gasteiger charge is -2.31. The van der Waals surface area contributed by atoms with Crippen molar-refractivity contribution in [2.24, 2.45) is 11.8 Å². The van der Waals surface area contributed by atoms with Crippen LogP contribution in [0.1, 0.15) is 65.7 Å². The van der Waals surface area contributed by atoms with E-state index in [4.69, 9.17) is 5.21 Å². The van der Waals surface area contributed by atoms with Gasteiger partial charge in [0.1, 0.15) is 6.04 Å². The number of aliphatic hydroxyl groups is 1. The molecule has 0 radical (unpaired) electrons. The Morgan fingerprint density at radius 2 is 1.93 bits per heavy atom. The normalized spacial score (nSPS) is 19.0. The number of hydrogen-bond donors (Lipinski definition) is 4. The minimum atomic E-state index is -0.699. The van der Waals surface area contributed by atoms with Crippen molar-refractivity contribution in [3.63, 3.8) is 0 Å². The minimum absolute atomic E-state index is 0.0825. The van der Waals surface area contributed by atoms with E-state index in [9.17, 15) is 19.5 Å². The molecule has 1 unspecified atom stereocenters. The Morgan fingerprint density at radius 1 is 1.22 bits per heavy atom. The third kappa shape index (κ3) is 7.10. The van der Waals surface area contributed by atoms with Crippen molar-refractivity contribution in [3.8, 4) is 0 Å². The van der Waals surface area contributed by atoms with E-state index in [1.807, 2.05) is 13.8 Å². The Kier molecular flexibility index (Phi) is 10.3. The zero-order valence-electron chi connectivity index (χ0n) is 16.7. The van der Waals surface area contributed by atoms with Gasteiger partial charge in [0.2, 0.25) is 17.7 Å². The van der Waals surface area contributed by atoms with Crippen LogP contribution in [0.15, 0.2) is 0 Å². The molecule has 0 aromatic heterocycles. The van der Waals surface area contributed by atoms with Gasteiger partial charge in [0.25, 0.3) is 0 Å². The van der Waals surface area contributed by atoms with Crippen LogP contribution in [-0.2, 0) is 14.4 Å². The van der Waals surface area contributed by atoms with Crippen molar-refractivity contribution in [2.75, 3.05) is 13.2 Å². The summed E-state index contributed by atoms with van der Waals surface area (Å²) in [4.78, 5) is 38.9. The Bertz CT molecular complexity index is 498. The highest BCUT2D eigenvalue weighted by Gasteiger charge is 2.36. The molecule has 3 atom stereocenters. The fraction of sp³-hybridized carbons (Fsp3) is 0.842. The highest BCUT2D eigenvalue weighted by molar-refractivity contribution is 5.91. The van der Waals surface area contributed by atoms with Crippen LogP contribution in [0.25, 0.3) is 0 Å². The van der Waals surface area contributed by atoms with Crippen LogP contribution in [-0.4, -0.2) is 58.2 Å². The summed E-state index contributed by atoms with van der Waals surface area (Å²) in [6, 6.07) is -0.897. The number of nitrogens with zero attached hydrogens (tertiary/aromatic N) is 1. The average Bonchev–Trinajstić information content (AvgIpc) is 3.13. The second kappa shape index (κ2) is 11.9. The van der Waals surface area contributed by atoms with E-state index >= 15 is 0 Å². The molecule has 1 saturated heterocycles. The van der Waals surface area contributed by atoms with Crippen LogP contribution in [0.4, 0.5) is 0 Å². The van der Waals surface area contributed by atoms with E-state index in [1.54, 1.807) is 10.4 Å². The number of hydrogen-bond acceptors (Lipinski definition) is 5. The third-order valence-corrected chi connectivity index (χ3v) is 5.18. The number of aliphatic hydroxyl groups excluding tert-OH is 1. The smallest absolute Gasteiger partial charge is 0.245 e. The summed E-state index contributed by atoms with van der Waals surface area (Å²) in [5.74, 6) is -1.86. The number of likely N-dealkylation sites (tertiary alicyclic amines) is 1. The summed E-state index contributed by atoms with van der Waals surface area (Å²) < 4.78 is 0. The molecular formula is C19H35N3O5. The molecule has 1 fully saturated rings. The summed E-state index contributed by atoms with van der Waals surface area (Å²) >= 11 is 0. The molecule has 1 aliphatic heterocycles. The van der Waals surface area contributed by atoms with Crippen LogP contribution in [0.5, 0.6) is 0 Å². The summed E-state index contributed by atoms with van der Waals surface area (Å²) in [5.41, 5.74) is 1.58. The molecule has 1 rings (SSSR count). The van der Waals surface area contributed by atoms with Crippen molar-refractivity contribution < 1.29 is 24.7 Å². The van der Waals surface area contributed by atoms with Crippen LogP contribution in [0.3, 0.4) is 0 Å². The molecule has 8 heteroatoms. The van der Waals surface area contributed by atoms with E-state index in [1.165, 1.54) is 0 Å². The van der Waals surface area contributed by atoms with Crippen LogP contribution >= 0.6 is 0 Å². The summed E-state index contributed by atoms with van der Waals surface area (Å²) in [6.45, 7) is 6.27. The number of unbranched alkanes of at least 4 members (excludes halogenated alkanes) is 2. The summed E-state index contributed by atoms with van der Waals surface area (Å²) in [5, 5.41) is 21.1. The maximum absolute atomic E-state index is 12.9. The predicted octanol–water partition coefficient (Wildman–Crippen LogP) is 1.20. The molecule has 1 heterocycles. The Balaban J connectivity index is 2.82. The standard InChI is InChI=1S/C19H35N3O5/c1-4-5-6-8-14(11-16(24)21-27)18(25)20-17(13(2)3)19(26)22-10-7-9-15(22)12-23/h13-15,17,23,27H,4-12H2,1-3H3,(H,20,25)(H,21,24)/t14?,15-,17-/m0/s1. The Morgan fingerprint density at radius 3 is 2.48 bits per heavy atom. The van der Waals surface area contributed by atoms with Gasteiger partial charge in [0.15, 0.2) is 0 Å². The van der Waals surface area contributed by atoms with Gasteiger partial charge in [-0.05, 0) is 25.2 Å². The Labute approximate surface area is 161 Å². The summed E-state index contributed by atoms with van der Waals surface area (Å²) in [6.07, 6.45) is 4.74.